The van der Waals surface area contributed by atoms with E-state index in [0.717, 1.165) is 0 Å². The van der Waals surface area contributed by atoms with E-state index >= 15 is 0 Å². The largest absolute Gasteiger partial charge is 0.350 e. The highest BCUT2D eigenvalue weighted by molar-refractivity contribution is 7.92. The lowest BCUT2D eigenvalue weighted by Gasteiger charge is -2.19. The van der Waals surface area contributed by atoms with Crippen molar-refractivity contribution in [3.8, 4) is 0 Å². The number of rotatable bonds is 5. The third-order valence-electron chi connectivity index (χ3n) is 3.29. The van der Waals surface area contributed by atoms with Crippen LogP contribution in [0.5, 0.6) is 0 Å². The SMILES string of the molecule is CC(C)NC(=O)c1cccc(S(=O)(=O)N(C)c2ccccc2)c1. The lowest BCUT2D eigenvalue weighted by molar-refractivity contribution is 0.0943. The summed E-state index contributed by atoms with van der Waals surface area (Å²) < 4.78 is 26.6. The summed E-state index contributed by atoms with van der Waals surface area (Å²) in [6, 6.07) is 14.8. The molecule has 122 valence electrons. The number of carbonyl (C=O) groups excluding carboxylic acids is 1. The molecule has 0 saturated heterocycles. The zero-order chi connectivity index (χ0) is 17.0. The Kier molecular flexibility index (Phi) is 5.05. The average molecular weight is 332 g/mol. The maximum absolute atomic E-state index is 12.7. The van der Waals surface area contributed by atoms with Crippen molar-refractivity contribution < 1.29 is 13.2 Å². The number of amides is 1. The van der Waals surface area contributed by atoms with Gasteiger partial charge in [0.05, 0.1) is 10.6 Å². The molecule has 2 aromatic rings. The highest BCUT2D eigenvalue weighted by atomic mass is 32.2. The molecule has 0 aliphatic heterocycles. The van der Waals surface area contributed by atoms with Crippen molar-refractivity contribution in [1.29, 1.82) is 0 Å². The molecule has 0 fully saturated rings. The fraction of sp³-hybridized carbons (Fsp3) is 0.235. The van der Waals surface area contributed by atoms with Crippen molar-refractivity contribution in [2.75, 3.05) is 11.4 Å². The van der Waals surface area contributed by atoms with E-state index in [1.165, 1.54) is 23.5 Å². The van der Waals surface area contributed by atoms with Crippen LogP contribution in [-0.4, -0.2) is 27.4 Å². The van der Waals surface area contributed by atoms with E-state index in [1.54, 1.807) is 36.4 Å². The summed E-state index contributed by atoms with van der Waals surface area (Å²) in [4.78, 5) is 12.1. The van der Waals surface area contributed by atoms with Crippen LogP contribution < -0.4 is 9.62 Å². The summed E-state index contributed by atoms with van der Waals surface area (Å²) in [5, 5.41) is 2.75. The molecule has 0 spiro atoms. The van der Waals surface area contributed by atoms with Crippen LogP contribution in [0, 0.1) is 0 Å². The van der Waals surface area contributed by atoms with Crippen LogP contribution in [-0.2, 0) is 10.0 Å². The first kappa shape index (κ1) is 17.0. The Morgan fingerprint density at radius 1 is 1.04 bits per heavy atom. The van der Waals surface area contributed by atoms with E-state index in [2.05, 4.69) is 5.32 Å². The second kappa shape index (κ2) is 6.83. The third kappa shape index (κ3) is 3.90. The van der Waals surface area contributed by atoms with Gasteiger partial charge in [0.15, 0.2) is 0 Å². The zero-order valence-corrected chi connectivity index (χ0v) is 14.2. The van der Waals surface area contributed by atoms with Gasteiger partial charge < -0.3 is 5.32 Å². The van der Waals surface area contributed by atoms with Crippen LogP contribution in [0.25, 0.3) is 0 Å². The second-order valence-corrected chi connectivity index (χ2v) is 7.43. The van der Waals surface area contributed by atoms with Crippen LogP contribution in [0.3, 0.4) is 0 Å². The number of nitrogens with zero attached hydrogens (tertiary/aromatic N) is 1. The van der Waals surface area contributed by atoms with E-state index in [4.69, 9.17) is 0 Å². The highest BCUT2D eigenvalue weighted by Gasteiger charge is 2.22. The molecule has 0 radical (unpaired) electrons. The minimum Gasteiger partial charge on any atom is -0.350 e. The standard InChI is InChI=1S/C17H20N2O3S/c1-13(2)18-17(20)14-8-7-11-16(12-14)23(21,22)19(3)15-9-5-4-6-10-15/h4-13H,1-3H3,(H,18,20). The van der Waals surface area contributed by atoms with Gasteiger partial charge in [0.1, 0.15) is 0 Å². The van der Waals surface area contributed by atoms with Crippen LogP contribution in [0.4, 0.5) is 5.69 Å². The fourth-order valence-corrected chi connectivity index (χ4v) is 3.32. The minimum atomic E-state index is -3.72. The lowest BCUT2D eigenvalue weighted by Crippen LogP contribution is -2.30. The van der Waals surface area contributed by atoms with Crippen molar-refractivity contribution >= 4 is 21.6 Å². The Morgan fingerprint density at radius 3 is 2.30 bits per heavy atom. The molecule has 23 heavy (non-hydrogen) atoms. The van der Waals surface area contributed by atoms with E-state index in [-0.39, 0.29) is 16.8 Å². The summed E-state index contributed by atoms with van der Waals surface area (Å²) in [7, 11) is -2.23. The second-order valence-electron chi connectivity index (χ2n) is 5.46. The van der Waals surface area contributed by atoms with E-state index in [0.29, 0.717) is 11.3 Å². The molecule has 1 N–H and O–H groups in total. The summed E-state index contributed by atoms with van der Waals surface area (Å²) in [5.41, 5.74) is 0.880. The molecule has 0 aliphatic rings. The Hall–Kier alpha value is -2.34. The Labute approximate surface area is 137 Å². The first-order valence-corrected chi connectivity index (χ1v) is 8.71. The molecule has 0 unspecified atom stereocenters. The molecule has 2 rings (SSSR count). The van der Waals surface area contributed by atoms with Crippen LogP contribution in [0.1, 0.15) is 24.2 Å². The van der Waals surface area contributed by atoms with Gasteiger partial charge in [0.25, 0.3) is 15.9 Å². The number of hydrogen-bond donors (Lipinski definition) is 1. The molecule has 0 atom stereocenters. The Morgan fingerprint density at radius 2 is 1.70 bits per heavy atom. The monoisotopic (exact) mass is 332 g/mol. The third-order valence-corrected chi connectivity index (χ3v) is 5.08. The number of sulfonamides is 1. The zero-order valence-electron chi connectivity index (χ0n) is 13.4. The average Bonchev–Trinajstić information content (AvgIpc) is 2.54. The van der Waals surface area contributed by atoms with Gasteiger partial charge in [-0.15, -0.1) is 0 Å². The Bertz CT molecular complexity index is 786. The lowest BCUT2D eigenvalue weighted by atomic mass is 10.2. The first-order valence-electron chi connectivity index (χ1n) is 7.27. The molecular formula is C17H20N2O3S. The van der Waals surface area contributed by atoms with Gasteiger partial charge in [-0.05, 0) is 44.2 Å². The van der Waals surface area contributed by atoms with Gasteiger partial charge >= 0.3 is 0 Å². The quantitative estimate of drug-likeness (QED) is 0.915. The summed E-state index contributed by atoms with van der Waals surface area (Å²) in [5.74, 6) is -0.292. The number of hydrogen-bond acceptors (Lipinski definition) is 3. The summed E-state index contributed by atoms with van der Waals surface area (Å²) in [6.45, 7) is 3.70. The first-order chi connectivity index (χ1) is 10.8. The molecule has 1 amide bonds. The van der Waals surface area contributed by atoms with Crippen LogP contribution in [0.15, 0.2) is 59.5 Å². The number of carbonyl (C=O) groups is 1. The van der Waals surface area contributed by atoms with Crippen LogP contribution in [0.2, 0.25) is 0 Å². The molecule has 0 saturated carbocycles. The molecule has 0 aliphatic carbocycles. The normalized spacial score (nSPS) is 11.3. The number of anilines is 1. The summed E-state index contributed by atoms with van der Waals surface area (Å²) in [6.07, 6.45) is 0. The van der Waals surface area contributed by atoms with Gasteiger partial charge in [-0.2, -0.15) is 0 Å². The molecule has 2 aromatic carbocycles. The van der Waals surface area contributed by atoms with Crippen molar-refractivity contribution in [2.24, 2.45) is 0 Å². The van der Waals surface area contributed by atoms with Gasteiger partial charge in [-0.3, -0.25) is 9.10 Å². The number of benzene rings is 2. The van der Waals surface area contributed by atoms with Gasteiger partial charge in [-0.1, -0.05) is 24.3 Å². The van der Waals surface area contributed by atoms with Crippen molar-refractivity contribution in [3.63, 3.8) is 0 Å². The maximum atomic E-state index is 12.7. The maximum Gasteiger partial charge on any atom is 0.264 e. The predicted octanol–water partition coefficient (Wildman–Crippen LogP) is 2.65. The number of para-hydroxylation sites is 1. The van der Waals surface area contributed by atoms with Gasteiger partial charge in [0, 0.05) is 18.7 Å². The van der Waals surface area contributed by atoms with E-state index < -0.39 is 10.0 Å². The molecule has 0 heterocycles. The molecular weight excluding hydrogens is 312 g/mol. The minimum absolute atomic E-state index is 0.0187. The molecule has 6 heteroatoms. The molecule has 0 aromatic heterocycles. The smallest absolute Gasteiger partial charge is 0.264 e. The van der Waals surface area contributed by atoms with Crippen molar-refractivity contribution in [2.45, 2.75) is 24.8 Å². The fourth-order valence-electron chi connectivity index (χ4n) is 2.08. The topological polar surface area (TPSA) is 66.5 Å². The Balaban J connectivity index is 2.35. The number of nitrogens with one attached hydrogen (secondary N) is 1. The highest BCUT2D eigenvalue weighted by Crippen LogP contribution is 2.22. The van der Waals surface area contributed by atoms with Crippen molar-refractivity contribution in [1.82, 2.24) is 5.32 Å². The summed E-state index contributed by atoms with van der Waals surface area (Å²) >= 11 is 0. The molecule has 5 nitrogen and oxygen atoms in total. The van der Waals surface area contributed by atoms with Crippen molar-refractivity contribution in [3.05, 3.63) is 60.2 Å². The van der Waals surface area contributed by atoms with Crippen LogP contribution >= 0.6 is 0 Å². The van der Waals surface area contributed by atoms with Gasteiger partial charge in [0.2, 0.25) is 0 Å². The van der Waals surface area contributed by atoms with Gasteiger partial charge in [-0.25, -0.2) is 8.42 Å². The molecule has 0 bridgehead atoms. The predicted molar refractivity (Wildman–Crippen MR) is 91.1 cm³/mol. The van der Waals surface area contributed by atoms with E-state index in [1.807, 2.05) is 19.9 Å². The van der Waals surface area contributed by atoms with E-state index in [9.17, 15) is 13.2 Å².